The van der Waals surface area contributed by atoms with Crippen molar-refractivity contribution in [1.29, 1.82) is 0 Å². The average Bonchev–Trinajstić information content (AvgIpc) is 2.94. The van der Waals surface area contributed by atoms with Gasteiger partial charge < -0.3 is 19.4 Å². The summed E-state index contributed by atoms with van der Waals surface area (Å²) in [6, 6.07) is 3.91. The lowest BCUT2D eigenvalue weighted by atomic mass is 10.1. The smallest absolute Gasteiger partial charge is 0.375 e. The molecule has 0 aliphatic carbocycles. The van der Waals surface area contributed by atoms with E-state index in [9.17, 15) is 18.8 Å². The van der Waals surface area contributed by atoms with Crippen LogP contribution in [0.1, 0.15) is 30.0 Å². The van der Waals surface area contributed by atoms with Gasteiger partial charge in [-0.15, -0.1) is 0 Å². The van der Waals surface area contributed by atoms with Crippen molar-refractivity contribution in [2.45, 2.75) is 20.8 Å². The van der Waals surface area contributed by atoms with Gasteiger partial charge in [0.05, 0.1) is 6.54 Å². The Morgan fingerprint density at radius 1 is 1.27 bits per heavy atom. The number of carbonyl (C=O) groups is 3. The molecule has 0 saturated carbocycles. The number of rotatable bonds is 7. The second kappa shape index (κ2) is 8.46. The Morgan fingerprint density at radius 3 is 2.65 bits per heavy atom. The molecule has 0 aliphatic rings. The molecular weight excluding hydrogens is 343 g/mol. The Bertz CT molecular complexity index is 830. The third kappa shape index (κ3) is 4.38. The molecule has 140 valence electrons. The predicted octanol–water partition coefficient (Wildman–Crippen LogP) is 2.02. The number of likely N-dealkylation sites (N-methyl/N-ethyl adjacent to an activating group) is 2. The minimum atomic E-state index is -0.818. The summed E-state index contributed by atoms with van der Waals surface area (Å²) in [4.78, 5) is 37.2. The molecule has 0 atom stereocenters. The van der Waals surface area contributed by atoms with E-state index in [1.165, 1.54) is 23.1 Å². The molecule has 0 bridgehead atoms. The first-order valence-corrected chi connectivity index (χ1v) is 8.27. The number of ether oxygens (including phenoxy) is 1. The Morgan fingerprint density at radius 2 is 2.00 bits per heavy atom. The number of nitrogens with zero attached hydrogens (tertiary/aromatic N) is 1. The highest BCUT2D eigenvalue weighted by Crippen LogP contribution is 2.26. The van der Waals surface area contributed by atoms with E-state index in [1.807, 2.05) is 0 Å². The predicted molar refractivity (Wildman–Crippen MR) is 92.1 cm³/mol. The highest BCUT2D eigenvalue weighted by atomic mass is 19.1. The minimum absolute atomic E-state index is 0.0785. The van der Waals surface area contributed by atoms with Crippen LogP contribution in [0.3, 0.4) is 0 Å². The fourth-order valence-electron chi connectivity index (χ4n) is 2.47. The van der Waals surface area contributed by atoms with Crippen LogP contribution in [-0.4, -0.2) is 48.9 Å². The van der Waals surface area contributed by atoms with Gasteiger partial charge in [0.2, 0.25) is 11.7 Å². The molecule has 0 spiro atoms. The number of carbonyl (C=O) groups excluding carboxylic acids is 3. The van der Waals surface area contributed by atoms with Crippen LogP contribution < -0.4 is 5.32 Å². The first kappa shape index (κ1) is 19.4. The second-order valence-electron chi connectivity index (χ2n) is 5.63. The number of esters is 1. The van der Waals surface area contributed by atoms with Crippen molar-refractivity contribution in [2.24, 2.45) is 0 Å². The molecular formula is C18H21FN2O5. The molecule has 2 rings (SSSR count). The van der Waals surface area contributed by atoms with E-state index in [-0.39, 0.29) is 18.2 Å². The number of hydrogen-bond donors (Lipinski definition) is 1. The molecule has 0 radical (unpaired) electrons. The van der Waals surface area contributed by atoms with Crippen molar-refractivity contribution >= 4 is 28.8 Å². The third-order valence-electron chi connectivity index (χ3n) is 3.85. The van der Waals surface area contributed by atoms with E-state index in [4.69, 9.17) is 9.15 Å². The summed E-state index contributed by atoms with van der Waals surface area (Å²) in [6.45, 7) is 5.25. The van der Waals surface area contributed by atoms with Gasteiger partial charge in [-0.2, -0.15) is 0 Å². The van der Waals surface area contributed by atoms with Crippen molar-refractivity contribution in [3.05, 3.63) is 35.3 Å². The topological polar surface area (TPSA) is 88.9 Å². The monoisotopic (exact) mass is 364 g/mol. The van der Waals surface area contributed by atoms with Crippen LogP contribution in [-0.2, 0) is 14.3 Å². The standard InChI is InChI=1S/C18H21FN2O5/c1-4-20-15(22)9-21(5-2)16(23)10-25-18(24)17-11(3)13-8-12(19)6-7-14(13)26-17/h6-8H,4-5,9-10H2,1-3H3,(H,20,22). The number of furan rings is 1. The zero-order chi connectivity index (χ0) is 19.3. The zero-order valence-corrected chi connectivity index (χ0v) is 14.9. The van der Waals surface area contributed by atoms with Gasteiger partial charge in [-0.05, 0) is 39.0 Å². The van der Waals surface area contributed by atoms with Crippen LogP contribution >= 0.6 is 0 Å². The number of aryl methyl sites for hydroxylation is 1. The van der Waals surface area contributed by atoms with Crippen LogP contribution in [0.2, 0.25) is 0 Å². The molecule has 0 saturated heterocycles. The van der Waals surface area contributed by atoms with Crippen molar-refractivity contribution in [3.8, 4) is 0 Å². The van der Waals surface area contributed by atoms with Crippen LogP contribution in [0, 0.1) is 12.7 Å². The van der Waals surface area contributed by atoms with E-state index in [0.29, 0.717) is 29.6 Å². The Balaban J connectivity index is 2.02. The Labute approximate surface area is 150 Å². The molecule has 0 aliphatic heterocycles. The lowest BCUT2D eigenvalue weighted by Crippen LogP contribution is -2.42. The lowest BCUT2D eigenvalue weighted by molar-refractivity contribution is -0.138. The quantitative estimate of drug-likeness (QED) is 0.760. The highest BCUT2D eigenvalue weighted by Gasteiger charge is 2.22. The minimum Gasteiger partial charge on any atom is -0.450 e. The Kier molecular flexibility index (Phi) is 6.32. The van der Waals surface area contributed by atoms with E-state index in [2.05, 4.69) is 5.32 Å². The van der Waals surface area contributed by atoms with Crippen molar-refractivity contribution in [3.63, 3.8) is 0 Å². The largest absolute Gasteiger partial charge is 0.450 e. The number of halogens is 1. The van der Waals surface area contributed by atoms with Crippen LogP contribution in [0.25, 0.3) is 11.0 Å². The van der Waals surface area contributed by atoms with E-state index < -0.39 is 24.3 Å². The summed E-state index contributed by atoms with van der Waals surface area (Å²) in [5.74, 6) is -2.12. The number of nitrogens with one attached hydrogen (secondary N) is 1. The summed E-state index contributed by atoms with van der Waals surface area (Å²) in [5, 5.41) is 3.06. The zero-order valence-electron chi connectivity index (χ0n) is 14.9. The number of benzene rings is 1. The van der Waals surface area contributed by atoms with Gasteiger partial charge in [0.15, 0.2) is 6.61 Å². The lowest BCUT2D eigenvalue weighted by Gasteiger charge is -2.19. The summed E-state index contributed by atoms with van der Waals surface area (Å²) in [5.41, 5.74) is 0.792. The van der Waals surface area contributed by atoms with Gasteiger partial charge in [-0.1, -0.05) is 0 Å². The molecule has 2 amide bonds. The van der Waals surface area contributed by atoms with E-state index in [1.54, 1.807) is 20.8 Å². The fraction of sp³-hybridized carbons (Fsp3) is 0.389. The SMILES string of the molecule is CCNC(=O)CN(CC)C(=O)COC(=O)c1oc2ccc(F)cc2c1C. The van der Waals surface area contributed by atoms with Gasteiger partial charge in [0.25, 0.3) is 5.91 Å². The van der Waals surface area contributed by atoms with Crippen molar-refractivity contribution in [2.75, 3.05) is 26.2 Å². The van der Waals surface area contributed by atoms with Crippen molar-refractivity contribution in [1.82, 2.24) is 10.2 Å². The first-order chi connectivity index (χ1) is 12.4. The molecule has 26 heavy (non-hydrogen) atoms. The summed E-state index contributed by atoms with van der Waals surface area (Å²) in [7, 11) is 0. The van der Waals surface area contributed by atoms with Gasteiger partial charge in [0.1, 0.15) is 11.4 Å². The Hall–Kier alpha value is -2.90. The molecule has 2 aromatic rings. The normalized spacial score (nSPS) is 10.6. The number of amides is 2. The molecule has 0 fully saturated rings. The van der Waals surface area contributed by atoms with Gasteiger partial charge >= 0.3 is 5.97 Å². The van der Waals surface area contributed by atoms with Gasteiger partial charge in [-0.3, -0.25) is 9.59 Å². The maximum atomic E-state index is 13.3. The van der Waals surface area contributed by atoms with E-state index >= 15 is 0 Å². The maximum absolute atomic E-state index is 13.3. The van der Waals surface area contributed by atoms with Crippen molar-refractivity contribution < 1.29 is 27.9 Å². The van der Waals surface area contributed by atoms with Crippen LogP contribution in [0.15, 0.2) is 22.6 Å². The molecule has 7 nitrogen and oxygen atoms in total. The van der Waals surface area contributed by atoms with Crippen LogP contribution in [0.5, 0.6) is 0 Å². The molecule has 1 aromatic carbocycles. The maximum Gasteiger partial charge on any atom is 0.375 e. The molecule has 0 unspecified atom stereocenters. The summed E-state index contributed by atoms with van der Waals surface area (Å²) in [6.07, 6.45) is 0. The summed E-state index contributed by atoms with van der Waals surface area (Å²) >= 11 is 0. The van der Waals surface area contributed by atoms with Gasteiger partial charge in [0, 0.05) is 24.0 Å². The fourth-order valence-corrected chi connectivity index (χ4v) is 2.47. The molecule has 1 N–H and O–H groups in total. The number of fused-ring (bicyclic) bond motifs is 1. The molecule has 1 heterocycles. The van der Waals surface area contributed by atoms with E-state index in [0.717, 1.165) is 0 Å². The second-order valence-corrected chi connectivity index (χ2v) is 5.63. The number of hydrogen-bond acceptors (Lipinski definition) is 5. The molecule has 1 aromatic heterocycles. The third-order valence-corrected chi connectivity index (χ3v) is 3.85. The summed E-state index contributed by atoms with van der Waals surface area (Å²) < 4.78 is 23.7. The molecule has 8 heteroatoms. The van der Waals surface area contributed by atoms with Gasteiger partial charge in [-0.25, -0.2) is 9.18 Å². The first-order valence-electron chi connectivity index (χ1n) is 8.27. The van der Waals surface area contributed by atoms with Crippen LogP contribution in [0.4, 0.5) is 4.39 Å². The average molecular weight is 364 g/mol. The highest BCUT2D eigenvalue weighted by molar-refractivity contribution is 5.97.